The van der Waals surface area contributed by atoms with Crippen LogP contribution in [0.4, 0.5) is 4.79 Å². The first kappa shape index (κ1) is 16.1. The van der Waals surface area contributed by atoms with Crippen molar-refractivity contribution in [3.8, 4) is 5.75 Å². The molecular formula is C18H27N3O2. The van der Waals surface area contributed by atoms with Gasteiger partial charge in [0.15, 0.2) is 0 Å². The maximum atomic E-state index is 12.5. The molecule has 0 spiro atoms. The molecule has 1 aromatic rings. The normalized spacial score (nSPS) is 21.1. The topological polar surface area (TPSA) is 44.8 Å². The fourth-order valence-electron chi connectivity index (χ4n) is 3.69. The van der Waals surface area contributed by atoms with Crippen LogP contribution in [-0.4, -0.2) is 55.2 Å². The second-order valence-corrected chi connectivity index (χ2v) is 6.42. The second-order valence-electron chi connectivity index (χ2n) is 6.42. The summed E-state index contributed by atoms with van der Waals surface area (Å²) in [7, 11) is 1.69. The molecule has 2 amide bonds. The van der Waals surface area contributed by atoms with E-state index in [2.05, 4.69) is 29.3 Å². The van der Waals surface area contributed by atoms with Crippen molar-refractivity contribution in [1.29, 1.82) is 0 Å². The molecule has 126 valence electrons. The molecule has 1 atom stereocenters. The SMILES string of the molecule is CCN1CCC[C@H]1CNC(=O)N1CCc2cc(OC)ccc2C1. The van der Waals surface area contributed by atoms with Gasteiger partial charge in [-0.15, -0.1) is 0 Å². The molecule has 0 aromatic heterocycles. The van der Waals surface area contributed by atoms with Gasteiger partial charge in [-0.05, 0) is 55.6 Å². The first-order valence-electron chi connectivity index (χ1n) is 8.64. The molecule has 5 heteroatoms. The molecular weight excluding hydrogens is 290 g/mol. The number of ether oxygens (including phenoxy) is 1. The summed E-state index contributed by atoms with van der Waals surface area (Å²) >= 11 is 0. The van der Waals surface area contributed by atoms with Gasteiger partial charge in [0.05, 0.1) is 7.11 Å². The van der Waals surface area contributed by atoms with Crippen molar-refractivity contribution in [1.82, 2.24) is 15.1 Å². The molecule has 23 heavy (non-hydrogen) atoms. The average Bonchev–Trinajstić information content (AvgIpc) is 3.06. The number of hydrogen-bond acceptors (Lipinski definition) is 3. The zero-order chi connectivity index (χ0) is 16.2. The van der Waals surface area contributed by atoms with Crippen LogP contribution in [0.15, 0.2) is 18.2 Å². The Hall–Kier alpha value is -1.75. The summed E-state index contributed by atoms with van der Waals surface area (Å²) in [6.45, 7) is 6.64. The number of benzene rings is 1. The van der Waals surface area contributed by atoms with Gasteiger partial charge in [-0.25, -0.2) is 4.79 Å². The van der Waals surface area contributed by atoms with Crippen LogP contribution in [0.2, 0.25) is 0 Å². The number of hydrogen-bond donors (Lipinski definition) is 1. The van der Waals surface area contributed by atoms with E-state index in [1.807, 2.05) is 11.0 Å². The van der Waals surface area contributed by atoms with Crippen molar-refractivity contribution in [2.45, 2.75) is 38.8 Å². The molecule has 5 nitrogen and oxygen atoms in total. The summed E-state index contributed by atoms with van der Waals surface area (Å²) in [6, 6.07) is 6.70. The molecule has 1 saturated heterocycles. The average molecular weight is 317 g/mol. The lowest BCUT2D eigenvalue weighted by atomic mass is 10.00. The maximum Gasteiger partial charge on any atom is 0.317 e. The predicted molar refractivity (Wildman–Crippen MR) is 90.8 cm³/mol. The molecule has 1 N–H and O–H groups in total. The Balaban J connectivity index is 1.54. The lowest BCUT2D eigenvalue weighted by Gasteiger charge is -2.30. The van der Waals surface area contributed by atoms with Crippen LogP contribution >= 0.6 is 0 Å². The second kappa shape index (κ2) is 7.21. The Kier molecular flexibility index (Phi) is 5.06. The standard InChI is InChI=1S/C18H27N3O2/c1-3-20-9-4-5-16(20)12-19-18(22)21-10-8-14-11-17(23-2)7-6-15(14)13-21/h6-7,11,16H,3-5,8-10,12-13H2,1-2H3,(H,19,22)/t16-/m0/s1. The molecule has 2 aliphatic rings. The fraction of sp³-hybridized carbons (Fsp3) is 0.611. The first-order valence-corrected chi connectivity index (χ1v) is 8.64. The molecule has 0 unspecified atom stereocenters. The lowest BCUT2D eigenvalue weighted by molar-refractivity contribution is 0.186. The fourth-order valence-corrected chi connectivity index (χ4v) is 3.69. The van der Waals surface area contributed by atoms with Crippen LogP contribution in [-0.2, 0) is 13.0 Å². The zero-order valence-electron chi connectivity index (χ0n) is 14.2. The molecule has 2 aliphatic heterocycles. The van der Waals surface area contributed by atoms with Crippen LogP contribution in [0.1, 0.15) is 30.9 Å². The number of amides is 2. The van der Waals surface area contributed by atoms with Gasteiger partial charge in [0.25, 0.3) is 0 Å². The summed E-state index contributed by atoms with van der Waals surface area (Å²) in [5.74, 6) is 0.891. The highest BCUT2D eigenvalue weighted by Crippen LogP contribution is 2.23. The number of urea groups is 1. The quantitative estimate of drug-likeness (QED) is 0.926. The van der Waals surface area contributed by atoms with Crippen LogP contribution in [0, 0.1) is 0 Å². The third-order valence-electron chi connectivity index (χ3n) is 5.11. The third kappa shape index (κ3) is 3.61. The van der Waals surface area contributed by atoms with Crippen LogP contribution < -0.4 is 10.1 Å². The number of methoxy groups -OCH3 is 1. The van der Waals surface area contributed by atoms with Crippen molar-refractivity contribution >= 4 is 6.03 Å². The van der Waals surface area contributed by atoms with Gasteiger partial charge in [-0.1, -0.05) is 13.0 Å². The molecule has 0 saturated carbocycles. The monoisotopic (exact) mass is 317 g/mol. The Morgan fingerprint density at radius 1 is 1.35 bits per heavy atom. The minimum absolute atomic E-state index is 0.0643. The highest BCUT2D eigenvalue weighted by molar-refractivity contribution is 5.74. The van der Waals surface area contributed by atoms with E-state index in [9.17, 15) is 4.79 Å². The number of fused-ring (bicyclic) bond motifs is 1. The van der Waals surface area contributed by atoms with Crippen LogP contribution in [0.5, 0.6) is 5.75 Å². The highest BCUT2D eigenvalue weighted by atomic mass is 16.5. The van der Waals surface area contributed by atoms with Crippen molar-refractivity contribution in [2.75, 3.05) is 33.3 Å². The van der Waals surface area contributed by atoms with Gasteiger partial charge in [0.2, 0.25) is 0 Å². The Bertz CT molecular complexity index is 561. The molecule has 1 fully saturated rings. The minimum Gasteiger partial charge on any atom is -0.497 e. The smallest absolute Gasteiger partial charge is 0.317 e. The largest absolute Gasteiger partial charge is 0.497 e. The van der Waals surface area contributed by atoms with Gasteiger partial charge in [-0.2, -0.15) is 0 Å². The van der Waals surface area contributed by atoms with E-state index in [1.165, 1.54) is 24.0 Å². The molecule has 3 rings (SSSR count). The Morgan fingerprint density at radius 2 is 2.22 bits per heavy atom. The van der Waals surface area contributed by atoms with Crippen molar-refractivity contribution in [3.05, 3.63) is 29.3 Å². The predicted octanol–water partition coefficient (Wildman–Crippen LogP) is 2.25. The van der Waals surface area contributed by atoms with E-state index in [0.717, 1.165) is 38.3 Å². The number of likely N-dealkylation sites (N-methyl/N-ethyl adjacent to an activating group) is 1. The van der Waals surface area contributed by atoms with Gasteiger partial charge >= 0.3 is 6.03 Å². The lowest BCUT2D eigenvalue weighted by Crippen LogP contribution is -2.47. The Labute approximate surface area is 138 Å². The summed E-state index contributed by atoms with van der Waals surface area (Å²) in [5.41, 5.74) is 2.52. The highest BCUT2D eigenvalue weighted by Gasteiger charge is 2.25. The van der Waals surface area contributed by atoms with E-state index in [1.54, 1.807) is 7.11 Å². The van der Waals surface area contributed by atoms with Crippen molar-refractivity contribution in [2.24, 2.45) is 0 Å². The third-order valence-corrected chi connectivity index (χ3v) is 5.11. The molecule has 1 aromatic carbocycles. The molecule has 2 heterocycles. The minimum atomic E-state index is 0.0643. The summed E-state index contributed by atoms with van der Waals surface area (Å²) in [6.07, 6.45) is 3.33. The molecule has 0 radical (unpaired) electrons. The number of carbonyl (C=O) groups excluding carboxylic acids is 1. The summed E-state index contributed by atoms with van der Waals surface area (Å²) in [5, 5.41) is 3.13. The van der Waals surface area contributed by atoms with Gasteiger partial charge in [0, 0.05) is 25.7 Å². The Morgan fingerprint density at radius 3 is 3.00 bits per heavy atom. The number of carbonyl (C=O) groups is 1. The van der Waals surface area contributed by atoms with Crippen molar-refractivity contribution in [3.63, 3.8) is 0 Å². The van der Waals surface area contributed by atoms with Crippen molar-refractivity contribution < 1.29 is 9.53 Å². The zero-order valence-corrected chi connectivity index (χ0v) is 14.2. The number of likely N-dealkylation sites (tertiary alicyclic amines) is 1. The van der Waals surface area contributed by atoms with E-state index >= 15 is 0 Å². The summed E-state index contributed by atoms with van der Waals surface area (Å²) < 4.78 is 5.27. The maximum absolute atomic E-state index is 12.5. The number of nitrogens with one attached hydrogen (secondary N) is 1. The van der Waals surface area contributed by atoms with Gasteiger partial charge in [-0.3, -0.25) is 4.90 Å². The number of rotatable bonds is 4. The molecule has 0 bridgehead atoms. The van der Waals surface area contributed by atoms with Gasteiger partial charge < -0.3 is 15.0 Å². The van der Waals surface area contributed by atoms with E-state index in [-0.39, 0.29) is 6.03 Å². The van der Waals surface area contributed by atoms with Crippen LogP contribution in [0.25, 0.3) is 0 Å². The first-order chi connectivity index (χ1) is 11.2. The van der Waals surface area contributed by atoms with E-state index in [0.29, 0.717) is 12.6 Å². The van der Waals surface area contributed by atoms with E-state index in [4.69, 9.17) is 4.74 Å². The van der Waals surface area contributed by atoms with Gasteiger partial charge in [0.1, 0.15) is 5.75 Å². The molecule has 0 aliphatic carbocycles. The number of nitrogens with zero attached hydrogens (tertiary/aromatic N) is 2. The van der Waals surface area contributed by atoms with Crippen LogP contribution in [0.3, 0.4) is 0 Å². The summed E-state index contributed by atoms with van der Waals surface area (Å²) in [4.78, 5) is 16.8. The van der Waals surface area contributed by atoms with E-state index < -0.39 is 0 Å².